The summed E-state index contributed by atoms with van der Waals surface area (Å²) in [5, 5.41) is 1.98. The Morgan fingerprint density at radius 3 is 1.10 bits per heavy atom. The highest BCUT2D eigenvalue weighted by atomic mass is 32.1. The van der Waals surface area contributed by atoms with Crippen LogP contribution in [0.2, 0.25) is 0 Å². The van der Waals surface area contributed by atoms with Crippen molar-refractivity contribution in [2.24, 2.45) is 0 Å². The molecule has 8 heteroatoms. The second-order valence-corrected chi connectivity index (χ2v) is 14.7. The lowest BCUT2D eigenvalue weighted by atomic mass is 10.1. The molecule has 0 atom stereocenters. The lowest BCUT2D eigenvalue weighted by Gasteiger charge is -2.32. The monoisotopic (exact) mass is 706 g/mol. The van der Waals surface area contributed by atoms with Crippen LogP contribution in [0, 0.1) is 0 Å². The molecule has 0 saturated carbocycles. The largest absolute Gasteiger partial charge is 0.453 e. The van der Waals surface area contributed by atoms with Crippen molar-refractivity contribution in [3.05, 3.63) is 158 Å². The normalized spacial score (nSPS) is 12.8. The van der Waals surface area contributed by atoms with E-state index in [0.717, 1.165) is 98.7 Å². The number of rotatable bonds is 4. The predicted molar refractivity (Wildman–Crippen MR) is 213 cm³/mol. The molecule has 0 spiro atoms. The van der Waals surface area contributed by atoms with Crippen LogP contribution in [0.3, 0.4) is 0 Å². The Morgan fingerprint density at radius 2 is 0.731 bits per heavy atom. The summed E-state index contributed by atoms with van der Waals surface area (Å²) in [5.74, 6) is 3.37. The van der Waals surface area contributed by atoms with Gasteiger partial charge in [-0.25, -0.2) is 9.97 Å². The van der Waals surface area contributed by atoms with Gasteiger partial charge in [-0.2, -0.15) is 0 Å². The van der Waals surface area contributed by atoms with Crippen LogP contribution in [0.1, 0.15) is 0 Å². The summed E-state index contributed by atoms with van der Waals surface area (Å²) >= 11 is 3.43. The van der Waals surface area contributed by atoms with Crippen LogP contribution in [0.25, 0.3) is 41.6 Å². The fraction of sp³-hybridized carbons (Fsp3) is 0. The molecule has 2 aliphatic rings. The topological polar surface area (TPSA) is 50.7 Å². The number of fused-ring (bicyclic) bond motifs is 6. The number of hydrogen-bond donors (Lipinski definition) is 0. The Bertz CT molecular complexity index is 2490. The minimum Gasteiger partial charge on any atom is -0.453 e. The van der Waals surface area contributed by atoms with Gasteiger partial charge in [0.15, 0.2) is 23.0 Å². The molecule has 246 valence electrons. The van der Waals surface area contributed by atoms with Crippen molar-refractivity contribution in [2.75, 3.05) is 9.80 Å². The Labute approximate surface area is 307 Å². The standard InChI is InChI=1S/C44H26N4O2S2/c1-5-13-37-33(9-1)47(34-10-2-6-14-38(34)49-37)29-21-17-27(18-22-29)43-45-31-25-32-42(26-41(31)51-43)52-44(46-32)28-19-23-30(24-20-28)48-35-11-3-7-15-39(35)50-40-16-8-4-12-36(40)48/h1-26H. The number of ether oxygens (including phenoxy) is 2. The van der Waals surface area contributed by atoms with Gasteiger partial charge in [-0.15, -0.1) is 22.7 Å². The quantitative estimate of drug-likeness (QED) is 0.182. The van der Waals surface area contributed by atoms with E-state index in [9.17, 15) is 0 Å². The first-order valence-electron chi connectivity index (χ1n) is 17.0. The van der Waals surface area contributed by atoms with E-state index in [1.807, 2.05) is 72.8 Å². The molecule has 0 radical (unpaired) electrons. The van der Waals surface area contributed by atoms with Crippen LogP contribution < -0.4 is 19.3 Å². The van der Waals surface area contributed by atoms with E-state index in [-0.39, 0.29) is 0 Å². The van der Waals surface area contributed by atoms with E-state index in [2.05, 4.69) is 94.7 Å². The Hall–Kier alpha value is -6.48. The zero-order chi connectivity index (χ0) is 34.2. The molecule has 11 rings (SSSR count). The fourth-order valence-corrected chi connectivity index (χ4v) is 9.13. The maximum absolute atomic E-state index is 6.20. The van der Waals surface area contributed by atoms with Crippen LogP contribution in [-0.4, -0.2) is 9.97 Å². The van der Waals surface area contributed by atoms with Crippen molar-refractivity contribution in [1.82, 2.24) is 9.97 Å². The first-order valence-corrected chi connectivity index (χ1v) is 18.6. The number of benzene rings is 7. The average Bonchev–Trinajstić information content (AvgIpc) is 3.82. The summed E-state index contributed by atoms with van der Waals surface area (Å²) in [6.45, 7) is 0. The molecular weight excluding hydrogens is 681 g/mol. The number of anilines is 6. The molecule has 52 heavy (non-hydrogen) atoms. The highest BCUT2D eigenvalue weighted by Crippen LogP contribution is 2.52. The molecule has 0 fully saturated rings. The van der Waals surface area contributed by atoms with Crippen molar-refractivity contribution in [3.63, 3.8) is 0 Å². The van der Waals surface area contributed by atoms with Gasteiger partial charge in [0.05, 0.1) is 43.2 Å². The highest BCUT2D eigenvalue weighted by molar-refractivity contribution is 7.23. The molecule has 2 aromatic heterocycles. The van der Waals surface area contributed by atoms with Gasteiger partial charge in [-0.05, 0) is 109 Å². The second kappa shape index (κ2) is 11.5. The summed E-state index contributed by atoms with van der Waals surface area (Å²) < 4.78 is 14.7. The van der Waals surface area contributed by atoms with Crippen LogP contribution >= 0.6 is 22.7 Å². The SMILES string of the molecule is c1ccc2c(c1)Oc1ccccc1N2c1ccc(-c2nc3cc4nc(-c5ccc(N6c7ccccc7Oc7ccccc76)cc5)sc4cc3s2)cc1. The molecular formula is C44H26N4O2S2. The zero-order valence-electron chi connectivity index (χ0n) is 27.4. The van der Waals surface area contributed by atoms with Crippen LogP contribution in [0.4, 0.5) is 34.1 Å². The third-order valence-electron chi connectivity index (χ3n) is 9.51. The van der Waals surface area contributed by atoms with Gasteiger partial charge in [-0.3, -0.25) is 0 Å². The summed E-state index contributed by atoms with van der Waals surface area (Å²) in [7, 11) is 0. The van der Waals surface area contributed by atoms with Crippen molar-refractivity contribution in [3.8, 4) is 44.1 Å². The van der Waals surface area contributed by atoms with Gasteiger partial charge in [0.1, 0.15) is 10.0 Å². The predicted octanol–water partition coefficient (Wildman–Crippen LogP) is 13.4. The Kier molecular flexibility index (Phi) is 6.49. The van der Waals surface area contributed by atoms with Gasteiger partial charge in [-0.1, -0.05) is 48.5 Å². The van der Waals surface area contributed by atoms with Crippen LogP contribution in [0.5, 0.6) is 23.0 Å². The lowest BCUT2D eigenvalue weighted by molar-refractivity contribution is 0.477. The van der Waals surface area contributed by atoms with E-state index < -0.39 is 0 Å². The molecule has 6 nitrogen and oxygen atoms in total. The maximum Gasteiger partial charge on any atom is 0.151 e. The highest BCUT2D eigenvalue weighted by Gasteiger charge is 2.27. The average molecular weight is 707 g/mol. The van der Waals surface area contributed by atoms with Gasteiger partial charge in [0.2, 0.25) is 0 Å². The smallest absolute Gasteiger partial charge is 0.151 e. The van der Waals surface area contributed by atoms with Gasteiger partial charge >= 0.3 is 0 Å². The summed E-state index contributed by atoms with van der Waals surface area (Å²) in [6, 6.07) is 54.2. The second-order valence-electron chi connectivity index (χ2n) is 12.7. The maximum atomic E-state index is 6.20. The van der Waals surface area contributed by atoms with Crippen LogP contribution in [0.15, 0.2) is 158 Å². The Balaban J connectivity index is 0.885. The molecule has 0 amide bonds. The minimum absolute atomic E-state index is 0.843. The number of para-hydroxylation sites is 8. The molecule has 0 aliphatic carbocycles. The molecule has 0 saturated heterocycles. The van der Waals surface area contributed by atoms with E-state index in [1.54, 1.807) is 22.7 Å². The first kappa shape index (κ1) is 29.3. The first-order chi connectivity index (χ1) is 25.7. The van der Waals surface area contributed by atoms with Crippen molar-refractivity contribution >= 4 is 77.2 Å². The molecule has 2 aliphatic heterocycles. The van der Waals surface area contributed by atoms with Crippen molar-refractivity contribution in [1.29, 1.82) is 0 Å². The van der Waals surface area contributed by atoms with Gasteiger partial charge in [0.25, 0.3) is 0 Å². The number of hydrogen-bond acceptors (Lipinski definition) is 8. The number of aromatic nitrogens is 2. The minimum atomic E-state index is 0.843. The van der Waals surface area contributed by atoms with Crippen molar-refractivity contribution in [2.45, 2.75) is 0 Å². The lowest BCUT2D eigenvalue weighted by Crippen LogP contribution is -2.15. The third kappa shape index (κ3) is 4.69. The van der Waals surface area contributed by atoms with E-state index >= 15 is 0 Å². The van der Waals surface area contributed by atoms with E-state index in [0.29, 0.717) is 0 Å². The molecule has 0 bridgehead atoms. The Morgan fingerprint density at radius 1 is 0.385 bits per heavy atom. The van der Waals surface area contributed by atoms with Crippen LogP contribution in [-0.2, 0) is 0 Å². The fourth-order valence-electron chi connectivity index (χ4n) is 7.07. The molecule has 0 unspecified atom stereocenters. The molecule has 4 heterocycles. The van der Waals surface area contributed by atoms with Gasteiger partial charge in [0, 0.05) is 22.5 Å². The molecule has 7 aromatic carbocycles. The van der Waals surface area contributed by atoms with E-state index in [1.165, 1.54) is 0 Å². The van der Waals surface area contributed by atoms with E-state index in [4.69, 9.17) is 19.4 Å². The molecule has 9 aromatic rings. The third-order valence-corrected chi connectivity index (χ3v) is 11.6. The summed E-state index contributed by atoms with van der Waals surface area (Å²) in [5.41, 5.74) is 10.3. The number of thiazole rings is 2. The van der Waals surface area contributed by atoms with Crippen molar-refractivity contribution < 1.29 is 9.47 Å². The number of nitrogens with zero attached hydrogens (tertiary/aromatic N) is 4. The molecule has 0 N–H and O–H groups in total. The summed E-state index contributed by atoms with van der Waals surface area (Å²) in [4.78, 5) is 14.6. The summed E-state index contributed by atoms with van der Waals surface area (Å²) in [6.07, 6.45) is 0. The zero-order valence-corrected chi connectivity index (χ0v) is 29.1. The van der Waals surface area contributed by atoms with Gasteiger partial charge < -0.3 is 19.3 Å².